The van der Waals surface area contributed by atoms with Crippen molar-refractivity contribution < 1.29 is 24.7 Å². The number of benzene rings is 9. The number of rotatable bonds is 17. The largest absolute Gasteiger partial charge is 0.478 e. The summed E-state index contributed by atoms with van der Waals surface area (Å²) in [4.78, 5) is 65.5. The number of H-pyrrole nitrogens is 3. The number of nitro benzene ring substituents is 3. The number of hydrogen-bond acceptors (Lipinski definition) is 28. The van der Waals surface area contributed by atoms with E-state index in [2.05, 4.69) is 141 Å². The predicted molar refractivity (Wildman–Crippen MR) is 516 cm³/mol. The van der Waals surface area contributed by atoms with Crippen LogP contribution in [0.1, 0.15) is 202 Å². The Morgan fingerprint density at radius 3 is 1.30 bits per heavy atom. The average Bonchev–Trinajstić information content (AvgIpc) is 1.60. The topological polar surface area (TPSA) is 535 Å². The molecule has 0 saturated heterocycles. The third-order valence-corrected chi connectivity index (χ3v) is 23.9. The number of nitriles is 2. The van der Waals surface area contributed by atoms with Crippen LogP contribution in [0.2, 0.25) is 5.02 Å². The number of fused-ring (bicyclic) bond motifs is 3. The molecule has 6 heterocycles. The number of imidazole rings is 1. The number of carboxylic acids is 1. The lowest BCUT2D eigenvalue weighted by molar-refractivity contribution is -0.384. The van der Waals surface area contributed by atoms with Crippen molar-refractivity contribution in [2.45, 2.75) is 205 Å². The van der Waals surface area contributed by atoms with Crippen molar-refractivity contribution in [3.05, 3.63) is 253 Å². The Bertz CT molecular complexity index is 6470. The van der Waals surface area contributed by atoms with Crippen molar-refractivity contribution in [2.24, 2.45) is 5.73 Å². The van der Waals surface area contributed by atoms with E-state index < -0.39 is 15.8 Å². The summed E-state index contributed by atoms with van der Waals surface area (Å²) in [5.74, 6) is 1.49. The molecule has 6 aromatic heterocycles. The van der Waals surface area contributed by atoms with Gasteiger partial charge in [0.2, 0.25) is 17.5 Å². The number of tetrazole rings is 3. The number of aromatic nitrogens is 18. The Kier molecular flexibility index (Phi) is 34.7. The summed E-state index contributed by atoms with van der Waals surface area (Å²) in [7, 11) is 0. The van der Waals surface area contributed by atoms with Gasteiger partial charge >= 0.3 is 5.97 Å². The molecule has 5 fully saturated rings. The highest BCUT2D eigenvalue weighted by atomic mass is 35.5. The van der Waals surface area contributed by atoms with E-state index in [1.165, 1.54) is 171 Å². The molecule has 9 aromatic carbocycles. The molecule has 36 nitrogen and oxygen atoms in total. The minimum atomic E-state index is -0.962. The fourth-order valence-electron chi connectivity index (χ4n) is 16.7. The van der Waals surface area contributed by atoms with Gasteiger partial charge in [0, 0.05) is 81.8 Å². The molecule has 0 amide bonds. The maximum Gasteiger partial charge on any atom is 0.335 e. The molecule has 37 heteroatoms. The lowest BCUT2D eigenvalue weighted by atomic mass is 9.94. The number of nitro groups is 3. The quantitative estimate of drug-likeness (QED) is 0.0232. The van der Waals surface area contributed by atoms with Crippen molar-refractivity contribution in [1.82, 2.24) is 91.4 Å². The molecule has 0 spiro atoms. The van der Waals surface area contributed by atoms with E-state index in [1.54, 1.807) is 42.6 Å². The minimum absolute atomic E-state index is 0.0142. The average molecular weight is 1830 g/mol. The van der Waals surface area contributed by atoms with E-state index >= 15 is 0 Å². The van der Waals surface area contributed by atoms with Crippen molar-refractivity contribution in [3.8, 4) is 80.2 Å². The number of nitrogens with one attached hydrogen (secondary N) is 6. The van der Waals surface area contributed by atoms with Gasteiger partial charge in [-0.3, -0.25) is 40.3 Å². The van der Waals surface area contributed by atoms with Crippen LogP contribution in [0.3, 0.4) is 0 Å². The van der Waals surface area contributed by atoms with Crippen LogP contribution in [0.25, 0.3) is 101 Å². The lowest BCUT2D eigenvalue weighted by Crippen LogP contribution is -2.22. The van der Waals surface area contributed by atoms with Gasteiger partial charge in [-0.25, -0.2) is 19.7 Å². The van der Waals surface area contributed by atoms with E-state index in [-0.39, 0.29) is 38.1 Å². The minimum Gasteiger partial charge on any atom is -0.478 e. The molecule has 0 bridgehead atoms. The summed E-state index contributed by atoms with van der Waals surface area (Å²) in [6.45, 7) is 4.00. The third-order valence-electron chi connectivity index (χ3n) is 23.6. The number of carbonyl (C=O) groups is 1. The SMILES string of the molecule is CC.N#Cc1ccc(Cl)c([N+](=O)[O-])c1.N#Cc1ccc(NC2CCCCC2)c([N+](=O)[O-])c1.NC1CCCCC1.Nc1cc(-c2nn[nH]n2)ccc1NC1CCCCC1.O=C(O)c1ccc2nc(-c3ccccc3)cnc2c1.O=[N+]([O-])c1cc(-c2nn[nH]n2)ccc1NC1CCCCC1.c1ccc(-c2cnc3cc(-c4nc5cc(-c6nn[nH]n6)ccc5n4C4CCCCC4)ccc3n2)cc1. The van der Waals surface area contributed by atoms with Crippen LogP contribution < -0.4 is 27.4 Å². The Morgan fingerprint density at radius 2 is 0.843 bits per heavy atom. The Balaban J connectivity index is 0.000000138. The monoisotopic (exact) mass is 1820 g/mol. The number of aromatic amines is 3. The van der Waals surface area contributed by atoms with E-state index in [0.29, 0.717) is 81.2 Å². The summed E-state index contributed by atoms with van der Waals surface area (Å²) in [6.07, 6.45) is 34.1. The second kappa shape index (κ2) is 48.4. The fourth-order valence-corrected chi connectivity index (χ4v) is 16.9. The number of hydrogen-bond donors (Lipinski definition) is 9. The van der Waals surface area contributed by atoms with Crippen molar-refractivity contribution >= 4 is 90.5 Å². The molecule has 0 atom stereocenters. The molecule has 5 aliphatic rings. The fraction of sp³-hybridized carbons (Fsp3) is 0.330. The molecule has 134 heavy (non-hydrogen) atoms. The molecule has 5 aliphatic carbocycles. The zero-order valence-corrected chi connectivity index (χ0v) is 75.2. The van der Waals surface area contributed by atoms with Crippen LogP contribution in [0, 0.1) is 53.0 Å². The van der Waals surface area contributed by atoms with Gasteiger partial charge in [-0.15, -0.1) is 30.6 Å². The van der Waals surface area contributed by atoms with Gasteiger partial charge in [-0.05, 0) is 189 Å². The summed E-state index contributed by atoms with van der Waals surface area (Å²) >= 11 is 5.50. The second-order valence-electron chi connectivity index (χ2n) is 32.7. The summed E-state index contributed by atoms with van der Waals surface area (Å²) in [5.41, 5.74) is 27.2. The smallest absolute Gasteiger partial charge is 0.335 e. The standard InChI is InChI=1S/C28H24N8.C15H10N2O2.C13H16N6O2.C13H18N6.C13H15N3O2.C7H3ClN2O2.C6H13N.C2H6/c1-3-7-18(8-4-1)25-17-29-23-16-20(11-13-22(23)30-25)28-31-24-15-19(27-32-34-35-33-27)12-14-26(24)36(28)21-9-5-2-6-10-21;18-15(19)11-6-7-12-13(8-11)16-9-14(17-12)10-4-2-1-3-5-10;20-19(21)12-8-9(13-15-17-18-16-13)6-7-11(12)14-10-4-2-1-3-5-10;14-11-8-9(13-16-18-19-17-13)6-7-12(11)15-10-4-2-1-3-5-10;14-9-10-6-7-12(13(8-10)16(17)18)15-11-4-2-1-3-5-11;8-6-2-1-5(4-9)3-7(6)10(11)12;7-6-4-2-1-3-5-6;1-2/h1,3-4,7-8,11-17,21H,2,5-6,9-10H2,(H,32,33,34,35);1-9H,(H,18,19);6-8,10,14H,1-5H2,(H,15,16,17,18);6-8,10,15H,1-5,14H2,(H,16,17,18,19);6-8,11,15H,1-5H2;1-3H;6H,1-5,7H2;1-2H3. The highest BCUT2D eigenvalue weighted by Gasteiger charge is 2.27. The van der Waals surface area contributed by atoms with Gasteiger partial charge in [0.05, 0.1) is 112 Å². The number of carboxylic acid groups (broad SMARTS) is 1. The van der Waals surface area contributed by atoms with E-state index in [1.807, 2.05) is 92.8 Å². The van der Waals surface area contributed by atoms with Crippen LogP contribution in [0.4, 0.5) is 39.8 Å². The van der Waals surface area contributed by atoms with Crippen LogP contribution in [0.15, 0.2) is 200 Å². The first-order chi connectivity index (χ1) is 65.4. The van der Waals surface area contributed by atoms with Gasteiger partial charge in [0.25, 0.3) is 17.1 Å². The molecule has 0 radical (unpaired) electrons. The number of nitrogens with zero attached hydrogens (tertiary/aromatic N) is 20. The Morgan fingerprint density at radius 1 is 0.440 bits per heavy atom. The van der Waals surface area contributed by atoms with Gasteiger partial charge in [-0.2, -0.15) is 26.2 Å². The molecule has 0 unspecified atom stereocenters. The van der Waals surface area contributed by atoms with Crippen molar-refractivity contribution in [3.63, 3.8) is 0 Å². The molecular formula is C97H105ClN28O8. The summed E-state index contributed by atoms with van der Waals surface area (Å²) in [6, 6.07) is 62.3. The summed E-state index contributed by atoms with van der Waals surface area (Å²) < 4.78 is 2.43. The van der Waals surface area contributed by atoms with E-state index in [4.69, 9.17) is 53.7 Å². The Hall–Kier alpha value is -15.6. The van der Waals surface area contributed by atoms with Crippen molar-refractivity contribution in [2.75, 3.05) is 21.7 Å². The zero-order chi connectivity index (χ0) is 94.1. The van der Waals surface area contributed by atoms with Crippen LogP contribution >= 0.6 is 11.6 Å². The first-order valence-electron chi connectivity index (χ1n) is 45.3. The van der Waals surface area contributed by atoms with E-state index in [9.17, 15) is 35.1 Å². The molecule has 5 saturated carbocycles. The first-order valence-corrected chi connectivity index (χ1v) is 45.6. The van der Waals surface area contributed by atoms with Gasteiger partial charge in [0.1, 0.15) is 22.2 Å². The molecule has 20 rings (SSSR count). The maximum atomic E-state index is 11.3. The number of nitrogens with two attached hydrogens (primary N) is 2. The maximum absolute atomic E-state index is 11.3. The first kappa shape index (κ1) is 96.0. The van der Waals surface area contributed by atoms with E-state index in [0.717, 1.165) is 110 Å². The molecule has 11 N–H and O–H groups in total. The predicted octanol–water partition coefficient (Wildman–Crippen LogP) is 21.3. The number of anilines is 4. The number of aromatic carboxylic acids is 1. The molecular weight excluding hydrogens is 1720 g/mol. The van der Waals surface area contributed by atoms with Crippen LogP contribution in [-0.4, -0.2) is 141 Å². The number of halogens is 1. The Labute approximate surface area is 777 Å². The molecule has 0 aliphatic heterocycles. The third kappa shape index (κ3) is 26.4. The van der Waals surface area contributed by atoms with Gasteiger partial charge in [0.15, 0.2) is 0 Å². The van der Waals surface area contributed by atoms with Crippen LogP contribution in [-0.2, 0) is 0 Å². The molecule has 688 valence electrons. The van der Waals surface area contributed by atoms with Gasteiger partial charge < -0.3 is 37.1 Å². The summed E-state index contributed by atoms with van der Waals surface area (Å²) in [5, 5.41) is 111. The highest BCUT2D eigenvalue weighted by molar-refractivity contribution is 6.32. The second-order valence-corrected chi connectivity index (χ2v) is 33.1. The zero-order valence-electron chi connectivity index (χ0n) is 74.4. The van der Waals surface area contributed by atoms with Crippen LogP contribution in [0.5, 0.6) is 0 Å². The lowest BCUT2D eigenvalue weighted by Gasteiger charge is -2.25. The van der Waals surface area contributed by atoms with Crippen molar-refractivity contribution in [1.29, 1.82) is 10.5 Å². The highest BCUT2D eigenvalue weighted by Crippen LogP contribution is 2.40. The molecule has 15 aromatic rings. The van der Waals surface area contributed by atoms with Gasteiger partial charge in [-0.1, -0.05) is 182 Å². The number of nitrogen functional groups attached to an aromatic ring is 1. The normalized spacial score (nSPS) is 14.5.